The number of likely N-dealkylation sites (N-methyl/N-ethyl adjacent to an activating group) is 1. The van der Waals surface area contributed by atoms with Crippen molar-refractivity contribution in [2.24, 2.45) is 0 Å². The predicted molar refractivity (Wildman–Crippen MR) is 154 cm³/mol. The molecule has 0 radical (unpaired) electrons. The first-order chi connectivity index (χ1) is 17.9. The lowest BCUT2D eigenvalue weighted by molar-refractivity contribution is -0.139. The number of carbonyl (C=O) groups excluding carboxylic acids is 2. The zero-order valence-electron chi connectivity index (χ0n) is 20.5. The summed E-state index contributed by atoms with van der Waals surface area (Å²) in [6.07, 6.45) is 1.16. The van der Waals surface area contributed by atoms with Gasteiger partial charge in [0.25, 0.3) is 0 Å². The monoisotopic (exact) mass is 615 g/mol. The first kappa shape index (κ1) is 30.1. The fourth-order valence-corrected chi connectivity index (χ4v) is 5.58. The fraction of sp³-hybridized carbons (Fsp3) is 0.231. The van der Waals surface area contributed by atoms with Crippen molar-refractivity contribution in [2.75, 3.05) is 24.2 Å². The molecule has 0 bridgehead atoms. The number of benzene rings is 3. The maximum absolute atomic E-state index is 13.9. The summed E-state index contributed by atoms with van der Waals surface area (Å²) in [6, 6.07) is 17.4. The van der Waals surface area contributed by atoms with Crippen molar-refractivity contribution in [3.05, 3.63) is 97.9 Å². The van der Waals surface area contributed by atoms with Gasteiger partial charge in [0.2, 0.25) is 21.8 Å². The van der Waals surface area contributed by atoms with Crippen molar-refractivity contribution in [2.45, 2.75) is 19.0 Å². The third kappa shape index (κ3) is 7.77. The number of amides is 2. The van der Waals surface area contributed by atoms with E-state index in [1.54, 1.807) is 18.2 Å². The summed E-state index contributed by atoms with van der Waals surface area (Å²) in [5.74, 6) is -1.05. The number of rotatable bonds is 10. The number of nitrogens with one attached hydrogen (secondary N) is 1. The number of hydrogen-bond acceptors (Lipinski definition) is 4. The lowest BCUT2D eigenvalue weighted by Crippen LogP contribution is -2.52. The molecule has 0 fully saturated rings. The molecule has 0 saturated carbocycles. The van der Waals surface area contributed by atoms with E-state index in [0.29, 0.717) is 15.6 Å². The average molecular weight is 617 g/mol. The summed E-state index contributed by atoms with van der Waals surface area (Å²) in [7, 11) is -2.49. The van der Waals surface area contributed by atoms with Gasteiger partial charge in [-0.2, -0.15) is 0 Å². The van der Waals surface area contributed by atoms with Gasteiger partial charge in [-0.3, -0.25) is 13.9 Å². The van der Waals surface area contributed by atoms with Gasteiger partial charge in [0.05, 0.1) is 27.0 Å². The van der Waals surface area contributed by atoms with E-state index < -0.39 is 34.4 Å². The topological polar surface area (TPSA) is 86.8 Å². The van der Waals surface area contributed by atoms with E-state index in [1.807, 2.05) is 30.3 Å². The highest BCUT2D eigenvalue weighted by molar-refractivity contribution is 7.92. The SMILES string of the molecule is CNC(=O)C(Cc1ccccc1)N(Cc1ccc(Cl)c(Cl)c1)C(=O)CN(c1ccc(Cl)cc1Cl)S(C)(=O)=O. The third-order valence-corrected chi connectivity index (χ3v) is 8.12. The Morgan fingerprint density at radius 2 is 1.55 bits per heavy atom. The van der Waals surface area contributed by atoms with Gasteiger partial charge in [-0.25, -0.2) is 8.42 Å². The molecule has 0 aliphatic heterocycles. The quantitative estimate of drug-likeness (QED) is 0.328. The van der Waals surface area contributed by atoms with E-state index >= 15 is 0 Å². The summed E-state index contributed by atoms with van der Waals surface area (Å²) in [6.45, 7) is -0.642. The standard InChI is InChI=1S/C26H25Cl4N3O4S/c1-31-26(35)24(13-17-6-4-3-5-7-17)32(15-18-8-10-20(28)21(29)12-18)25(34)16-33(38(2,36)37)23-11-9-19(27)14-22(23)30/h3-12,14,24H,13,15-16H2,1-2H3,(H,31,35). The van der Waals surface area contributed by atoms with Crippen LogP contribution in [0.15, 0.2) is 66.7 Å². The average Bonchev–Trinajstić information content (AvgIpc) is 2.86. The van der Waals surface area contributed by atoms with E-state index in [1.165, 1.54) is 30.1 Å². The van der Waals surface area contributed by atoms with Crippen molar-refractivity contribution < 1.29 is 18.0 Å². The van der Waals surface area contributed by atoms with E-state index in [2.05, 4.69) is 5.32 Å². The van der Waals surface area contributed by atoms with Gasteiger partial charge in [0, 0.05) is 25.0 Å². The molecule has 2 amide bonds. The predicted octanol–water partition coefficient (Wildman–Crippen LogP) is 5.45. The minimum atomic E-state index is -3.96. The first-order valence-corrected chi connectivity index (χ1v) is 14.7. The van der Waals surface area contributed by atoms with Crippen LogP contribution in [0, 0.1) is 0 Å². The lowest BCUT2D eigenvalue weighted by atomic mass is 10.0. The van der Waals surface area contributed by atoms with Gasteiger partial charge < -0.3 is 10.2 Å². The second-order valence-electron chi connectivity index (χ2n) is 8.46. The number of nitrogens with zero attached hydrogens (tertiary/aromatic N) is 2. The number of carbonyl (C=O) groups is 2. The van der Waals surface area contributed by atoms with Crippen LogP contribution < -0.4 is 9.62 Å². The van der Waals surface area contributed by atoms with Gasteiger partial charge in [-0.05, 0) is 41.5 Å². The summed E-state index contributed by atoms with van der Waals surface area (Å²) in [5.41, 5.74) is 1.50. The summed E-state index contributed by atoms with van der Waals surface area (Å²) in [5, 5.41) is 3.59. The molecule has 0 aliphatic carbocycles. The molecule has 202 valence electrons. The summed E-state index contributed by atoms with van der Waals surface area (Å²) in [4.78, 5) is 28.3. The van der Waals surface area contributed by atoms with Crippen LogP contribution in [0.2, 0.25) is 20.1 Å². The van der Waals surface area contributed by atoms with Gasteiger partial charge in [0.1, 0.15) is 12.6 Å². The molecule has 1 N–H and O–H groups in total. The number of sulfonamides is 1. The van der Waals surface area contributed by atoms with Crippen molar-refractivity contribution in [1.29, 1.82) is 0 Å². The highest BCUT2D eigenvalue weighted by Crippen LogP contribution is 2.31. The molecule has 7 nitrogen and oxygen atoms in total. The first-order valence-electron chi connectivity index (χ1n) is 11.3. The minimum Gasteiger partial charge on any atom is -0.357 e. The van der Waals surface area contributed by atoms with Crippen LogP contribution in [-0.2, 0) is 32.6 Å². The Morgan fingerprint density at radius 1 is 0.868 bits per heavy atom. The Hall–Kier alpha value is -2.49. The van der Waals surface area contributed by atoms with Crippen LogP contribution in [0.5, 0.6) is 0 Å². The molecule has 1 unspecified atom stereocenters. The molecule has 0 spiro atoms. The van der Waals surface area contributed by atoms with Crippen LogP contribution in [0.1, 0.15) is 11.1 Å². The number of anilines is 1. The largest absolute Gasteiger partial charge is 0.357 e. The molecule has 3 aromatic carbocycles. The molecule has 12 heteroatoms. The van der Waals surface area contributed by atoms with E-state index in [9.17, 15) is 18.0 Å². The molecule has 1 atom stereocenters. The van der Waals surface area contributed by atoms with Crippen LogP contribution in [-0.4, -0.2) is 51.0 Å². The Balaban J connectivity index is 2.06. The second kappa shape index (κ2) is 13.0. The van der Waals surface area contributed by atoms with Crippen molar-refractivity contribution in [3.8, 4) is 0 Å². The Kier molecular flexibility index (Phi) is 10.3. The minimum absolute atomic E-state index is 0.0351. The Labute approximate surface area is 242 Å². The molecule has 3 aromatic rings. The normalized spacial score (nSPS) is 12.1. The Bertz CT molecular complexity index is 1420. The maximum Gasteiger partial charge on any atom is 0.244 e. The van der Waals surface area contributed by atoms with E-state index in [4.69, 9.17) is 46.4 Å². The smallest absolute Gasteiger partial charge is 0.244 e. The molecule has 38 heavy (non-hydrogen) atoms. The molecule has 0 aliphatic rings. The van der Waals surface area contributed by atoms with Crippen molar-refractivity contribution >= 4 is 73.9 Å². The fourth-order valence-electron chi connectivity index (χ4n) is 3.83. The van der Waals surface area contributed by atoms with Crippen molar-refractivity contribution in [1.82, 2.24) is 10.2 Å². The number of hydrogen-bond donors (Lipinski definition) is 1. The Morgan fingerprint density at radius 3 is 2.13 bits per heavy atom. The summed E-state index contributed by atoms with van der Waals surface area (Å²) < 4.78 is 26.4. The van der Waals surface area contributed by atoms with Crippen LogP contribution in [0.25, 0.3) is 0 Å². The molecule has 0 aromatic heterocycles. The lowest BCUT2D eigenvalue weighted by Gasteiger charge is -2.33. The molecule has 0 saturated heterocycles. The summed E-state index contributed by atoms with van der Waals surface area (Å²) >= 11 is 24.5. The molecule has 3 rings (SSSR count). The molecular formula is C26H25Cl4N3O4S. The highest BCUT2D eigenvalue weighted by Gasteiger charge is 2.33. The van der Waals surface area contributed by atoms with Crippen LogP contribution >= 0.6 is 46.4 Å². The highest BCUT2D eigenvalue weighted by atomic mass is 35.5. The third-order valence-electron chi connectivity index (χ3n) is 5.71. The van der Waals surface area contributed by atoms with Gasteiger partial charge in [0.15, 0.2) is 0 Å². The van der Waals surface area contributed by atoms with Gasteiger partial charge >= 0.3 is 0 Å². The van der Waals surface area contributed by atoms with Crippen LogP contribution in [0.4, 0.5) is 5.69 Å². The molecule has 0 heterocycles. The second-order valence-corrected chi connectivity index (χ2v) is 12.0. The number of halogens is 4. The van der Waals surface area contributed by atoms with Gasteiger partial charge in [-0.15, -0.1) is 0 Å². The van der Waals surface area contributed by atoms with E-state index in [-0.39, 0.29) is 28.7 Å². The van der Waals surface area contributed by atoms with Crippen LogP contribution in [0.3, 0.4) is 0 Å². The molecular weight excluding hydrogens is 592 g/mol. The van der Waals surface area contributed by atoms with Gasteiger partial charge in [-0.1, -0.05) is 82.8 Å². The zero-order valence-corrected chi connectivity index (χ0v) is 24.3. The van der Waals surface area contributed by atoms with E-state index in [0.717, 1.165) is 16.1 Å². The van der Waals surface area contributed by atoms with Crippen molar-refractivity contribution in [3.63, 3.8) is 0 Å². The zero-order chi connectivity index (χ0) is 28.0. The maximum atomic E-state index is 13.9.